The van der Waals surface area contributed by atoms with Crippen LogP contribution in [0.3, 0.4) is 0 Å². The molecule has 0 spiro atoms. The Hall–Kier alpha value is -6.90. The Kier molecular flexibility index (Phi) is 8.08. The second kappa shape index (κ2) is 13.4. The van der Waals surface area contributed by atoms with E-state index in [9.17, 15) is 0 Å². The SMILES string of the molecule is CC(C)(C)c1ccc(/C=C/c2ccc3c(c2)n(-c2ccccc2)c2c4ccc(-c5cccc(-c6cccc7ccccc67)c5)cc4n(-c4ccccc4)c32)cc1. The first kappa shape index (κ1) is 33.7. The van der Waals surface area contributed by atoms with Gasteiger partial charge in [-0.2, -0.15) is 0 Å². The van der Waals surface area contributed by atoms with E-state index in [1.54, 1.807) is 0 Å². The van der Waals surface area contributed by atoms with Gasteiger partial charge in [-0.15, -0.1) is 0 Å². The Balaban J connectivity index is 1.17. The highest BCUT2D eigenvalue weighted by Gasteiger charge is 2.23. The monoisotopic (exact) mass is 718 g/mol. The second-order valence-corrected chi connectivity index (χ2v) is 15.9. The number of aromatic nitrogens is 2. The number of hydrogen-bond acceptors (Lipinski definition) is 0. The van der Waals surface area contributed by atoms with E-state index in [-0.39, 0.29) is 5.41 Å². The summed E-state index contributed by atoms with van der Waals surface area (Å²) in [5, 5.41) is 4.96. The molecule has 268 valence electrons. The normalized spacial score (nSPS) is 12.1. The van der Waals surface area contributed by atoms with Gasteiger partial charge in [-0.05, 0) is 97.6 Å². The molecule has 0 bridgehead atoms. The van der Waals surface area contributed by atoms with Gasteiger partial charge in [-0.3, -0.25) is 0 Å². The molecular formula is C54H42N2. The van der Waals surface area contributed by atoms with Crippen molar-refractivity contribution < 1.29 is 0 Å². The first-order chi connectivity index (χ1) is 27.4. The quantitative estimate of drug-likeness (QED) is 0.152. The molecule has 56 heavy (non-hydrogen) atoms. The highest BCUT2D eigenvalue weighted by Crippen LogP contribution is 2.43. The van der Waals surface area contributed by atoms with Gasteiger partial charge in [0.25, 0.3) is 0 Å². The molecule has 0 saturated heterocycles. The summed E-state index contributed by atoms with van der Waals surface area (Å²) in [7, 11) is 0. The Bertz CT molecular complexity index is 3070. The van der Waals surface area contributed by atoms with E-state index < -0.39 is 0 Å². The lowest BCUT2D eigenvalue weighted by Crippen LogP contribution is -2.10. The molecule has 0 aliphatic heterocycles. The van der Waals surface area contributed by atoms with Gasteiger partial charge in [0.1, 0.15) is 0 Å². The fraction of sp³-hybridized carbons (Fsp3) is 0.0741. The summed E-state index contributed by atoms with van der Waals surface area (Å²) in [6.45, 7) is 6.78. The van der Waals surface area contributed by atoms with Gasteiger partial charge < -0.3 is 9.13 Å². The van der Waals surface area contributed by atoms with E-state index in [2.05, 4.69) is 230 Å². The molecule has 0 N–H and O–H groups in total. The second-order valence-electron chi connectivity index (χ2n) is 15.9. The predicted molar refractivity (Wildman–Crippen MR) is 240 cm³/mol. The number of rotatable bonds is 6. The van der Waals surface area contributed by atoms with Crippen molar-refractivity contribution in [3.8, 4) is 33.6 Å². The molecule has 2 heteroatoms. The minimum atomic E-state index is 0.132. The summed E-state index contributed by atoms with van der Waals surface area (Å²) in [4.78, 5) is 0. The van der Waals surface area contributed by atoms with Crippen LogP contribution in [0.1, 0.15) is 37.5 Å². The zero-order valence-corrected chi connectivity index (χ0v) is 31.9. The molecule has 0 unspecified atom stereocenters. The summed E-state index contributed by atoms with van der Waals surface area (Å²) in [5.74, 6) is 0. The van der Waals surface area contributed by atoms with Crippen molar-refractivity contribution in [2.24, 2.45) is 0 Å². The van der Waals surface area contributed by atoms with Crippen LogP contribution < -0.4 is 0 Å². The molecule has 10 rings (SSSR count). The largest absolute Gasteiger partial charge is 0.307 e. The van der Waals surface area contributed by atoms with E-state index in [0.29, 0.717) is 0 Å². The van der Waals surface area contributed by atoms with Gasteiger partial charge in [-0.25, -0.2) is 0 Å². The average molecular weight is 719 g/mol. The van der Waals surface area contributed by atoms with Crippen LogP contribution in [0.2, 0.25) is 0 Å². The van der Waals surface area contributed by atoms with Crippen molar-refractivity contribution in [3.05, 3.63) is 205 Å². The zero-order chi connectivity index (χ0) is 37.8. The van der Waals surface area contributed by atoms with Gasteiger partial charge in [-0.1, -0.05) is 179 Å². The van der Waals surface area contributed by atoms with Gasteiger partial charge in [0.2, 0.25) is 0 Å². The smallest absolute Gasteiger partial charge is 0.0803 e. The van der Waals surface area contributed by atoms with Crippen LogP contribution in [0.15, 0.2) is 188 Å². The summed E-state index contributed by atoms with van der Waals surface area (Å²) in [6, 6.07) is 68.7. The van der Waals surface area contributed by atoms with Crippen LogP contribution in [0.5, 0.6) is 0 Å². The maximum atomic E-state index is 2.47. The molecule has 0 atom stereocenters. The number of benzene rings is 8. The minimum absolute atomic E-state index is 0.132. The molecule has 2 aromatic heterocycles. The van der Waals surface area contributed by atoms with Crippen molar-refractivity contribution in [1.82, 2.24) is 9.13 Å². The van der Waals surface area contributed by atoms with Crippen molar-refractivity contribution in [1.29, 1.82) is 0 Å². The average Bonchev–Trinajstić information content (AvgIpc) is 3.75. The van der Waals surface area contributed by atoms with Crippen LogP contribution in [0.25, 0.3) is 89.4 Å². The standard InChI is InChI=1S/C54H42N2/c1-54(2,3)43-30-26-37(27-31-43)24-25-38-28-32-48-50(34-38)55(44-18-6-4-7-19-44)53-49-33-29-41(36-51(49)56(52(48)53)45-20-8-5-9-21-45)40-16-12-17-42(35-40)47-23-13-15-39-14-10-11-22-46(39)47/h4-36H,1-3H3/b25-24+. The zero-order valence-electron chi connectivity index (χ0n) is 31.9. The summed E-state index contributed by atoms with van der Waals surface area (Å²) >= 11 is 0. The topological polar surface area (TPSA) is 9.86 Å². The third-order valence-corrected chi connectivity index (χ3v) is 11.3. The molecule has 10 aromatic rings. The Morgan fingerprint density at radius 1 is 0.393 bits per heavy atom. The molecule has 0 aliphatic carbocycles. The first-order valence-corrected chi connectivity index (χ1v) is 19.5. The molecule has 2 nitrogen and oxygen atoms in total. The molecule has 0 aliphatic rings. The third-order valence-electron chi connectivity index (χ3n) is 11.3. The highest BCUT2D eigenvalue weighted by molar-refractivity contribution is 6.20. The lowest BCUT2D eigenvalue weighted by atomic mass is 9.87. The maximum Gasteiger partial charge on any atom is 0.0803 e. The van der Waals surface area contributed by atoms with Crippen molar-refractivity contribution >= 4 is 55.8 Å². The van der Waals surface area contributed by atoms with Crippen LogP contribution in [0.4, 0.5) is 0 Å². The fourth-order valence-corrected chi connectivity index (χ4v) is 8.40. The number of para-hydroxylation sites is 2. The van der Waals surface area contributed by atoms with Crippen LogP contribution >= 0.6 is 0 Å². The molecule has 0 radical (unpaired) electrons. The fourth-order valence-electron chi connectivity index (χ4n) is 8.40. The molecule has 8 aromatic carbocycles. The van der Waals surface area contributed by atoms with E-state index in [1.165, 1.54) is 82.6 Å². The van der Waals surface area contributed by atoms with Crippen LogP contribution in [-0.2, 0) is 5.41 Å². The summed E-state index contributed by atoms with van der Waals surface area (Å²) in [6.07, 6.45) is 4.46. The summed E-state index contributed by atoms with van der Waals surface area (Å²) in [5.41, 5.74) is 15.8. The molecule has 2 heterocycles. The molecule has 0 amide bonds. The van der Waals surface area contributed by atoms with Crippen molar-refractivity contribution in [2.45, 2.75) is 26.2 Å². The minimum Gasteiger partial charge on any atom is -0.307 e. The van der Waals surface area contributed by atoms with Gasteiger partial charge in [0, 0.05) is 22.1 Å². The van der Waals surface area contributed by atoms with Gasteiger partial charge >= 0.3 is 0 Å². The Labute approximate surface area is 328 Å². The number of fused-ring (bicyclic) bond motifs is 6. The predicted octanol–water partition coefficient (Wildman–Crippen LogP) is 14.7. The van der Waals surface area contributed by atoms with Gasteiger partial charge in [0.15, 0.2) is 0 Å². The molecular weight excluding hydrogens is 677 g/mol. The van der Waals surface area contributed by atoms with E-state index in [4.69, 9.17) is 0 Å². The Morgan fingerprint density at radius 3 is 1.62 bits per heavy atom. The maximum absolute atomic E-state index is 2.47. The van der Waals surface area contributed by atoms with Gasteiger partial charge in [0.05, 0.1) is 22.1 Å². The Morgan fingerprint density at radius 2 is 0.929 bits per heavy atom. The number of hydrogen-bond donors (Lipinski definition) is 0. The molecule has 0 fully saturated rings. The van der Waals surface area contributed by atoms with E-state index in [0.717, 1.165) is 11.4 Å². The van der Waals surface area contributed by atoms with Crippen molar-refractivity contribution in [3.63, 3.8) is 0 Å². The lowest BCUT2D eigenvalue weighted by Gasteiger charge is -2.18. The number of nitrogens with zero attached hydrogens (tertiary/aromatic N) is 2. The third kappa shape index (κ3) is 5.82. The van der Waals surface area contributed by atoms with Crippen LogP contribution in [0, 0.1) is 0 Å². The van der Waals surface area contributed by atoms with E-state index in [1.807, 2.05) is 0 Å². The lowest BCUT2D eigenvalue weighted by molar-refractivity contribution is 0.590. The van der Waals surface area contributed by atoms with Crippen LogP contribution in [-0.4, -0.2) is 9.13 Å². The first-order valence-electron chi connectivity index (χ1n) is 19.5. The van der Waals surface area contributed by atoms with Crippen molar-refractivity contribution in [2.75, 3.05) is 0 Å². The van der Waals surface area contributed by atoms with E-state index >= 15 is 0 Å². The molecule has 0 saturated carbocycles. The summed E-state index contributed by atoms with van der Waals surface area (Å²) < 4.78 is 4.93. The highest BCUT2D eigenvalue weighted by atomic mass is 15.1.